The number of amides is 1. The van der Waals surface area contributed by atoms with Gasteiger partial charge in [-0.3, -0.25) is 24.1 Å². The highest BCUT2D eigenvalue weighted by molar-refractivity contribution is 6.33. The van der Waals surface area contributed by atoms with Crippen LogP contribution in [0.2, 0.25) is 0 Å². The topological polar surface area (TPSA) is 173 Å². The van der Waals surface area contributed by atoms with E-state index in [2.05, 4.69) is 26.1 Å². The van der Waals surface area contributed by atoms with Crippen LogP contribution in [-0.2, 0) is 27.3 Å². The molecule has 1 fully saturated rings. The van der Waals surface area contributed by atoms with Crippen LogP contribution in [0.5, 0.6) is 11.5 Å². The van der Waals surface area contributed by atoms with Crippen molar-refractivity contribution in [2.24, 2.45) is 23.0 Å². The van der Waals surface area contributed by atoms with E-state index < -0.39 is 52.5 Å². The summed E-state index contributed by atoms with van der Waals surface area (Å²) >= 11 is 0. The number of aliphatic hydroxyl groups is 1. The van der Waals surface area contributed by atoms with Crippen molar-refractivity contribution >= 4 is 39.7 Å². The molecule has 1 saturated carbocycles. The number of anilines is 1. The second kappa shape index (κ2) is 9.83. The minimum atomic E-state index is -2.77. The van der Waals surface area contributed by atoms with Gasteiger partial charge in [0.2, 0.25) is 11.7 Å². The summed E-state index contributed by atoms with van der Waals surface area (Å²) in [6, 6.07) is 2.28. The van der Waals surface area contributed by atoms with Gasteiger partial charge in [-0.15, -0.1) is 0 Å². The zero-order valence-electron chi connectivity index (χ0n) is 24.0. The molecular weight excluding hydrogens is 516 g/mol. The van der Waals surface area contributed by atoms with Crippen LogP contribution < -0.4 is 16.0 Å². The summed E-state index contributed by atoms with van der Waals surface area (Å²) in [6.45, 7) is 7.13. The van der Waals surface area contributed by atoms with Gasteiger partial charge in [-0.1, -0.05) is 20.8 Å². The van der Waals surface area contributed by atoms with Crippen LogP contribution in [0.3, 0.4) is 0 Å². The second-order valence-electron chi connectivity index (χ2n) is 12.6. The molecule has 0 bridgehead atoms. The van der Waals surface area contributed by atoms with Gasteiger partial charge in [-0.05, 0) is 43.6 Å². The van der Waals surface area contributed by atoms with Crippen molar-refractivity contribution < 1.29 is 34.5 Å². The van der Waals surface area contributed by atoms with Gasteiger partial charge >= 0.3 is 0 Å². The summed E-state index contributed by atoms with van der Waals surface area (Å²) in [6.07, 6.45) is -0.116. The number of ketones is 3. The first kappa shape index (κ1) is 29.4. The smallest absolute Gasteiger partial charge is 0.235 e. The van der Waals surface area contributed by atoms with E-state index in [0.29, 0.717) is 28.7 Å². The van der Waals surface area contributed by atoms with Crippen molar-refractivity contribution in [2.45, 2.75) is 45.4 Å². The Morgan fingerprint density at radius 1 is 1.10 bits per heavy atom. The van der Waals surface area contributed by atoms with Crippen LogP contribution in [0.25, 0.3) is 10.8 Å². The maximum Gasteiger partial charge on any atom is 0.235 e. The lowest BCUT2D eigenvalue weighted by Crippen LogP contribution is -2.71. The number of aromatic hydroxyl groups is 2. The molecule has 11 nitrogen and oxygen atoms in total. The number of likely N-dealkylation sites (N-methyl/N-ethyl adjacent to an activating group) is 1. The third-order valence-electron chi connectivity index (χ3n) is 7.95. The van der Waals surface area contributed by atoms with E-state index in [1.165, 1.54) is 4.90 Å². The molecule has 11 heteroatoms. The summed E-state index contributed by atoms with van der Waals surface area (Å²) in [5.74, 6) is -8.49. The Morgan fingerprint density at radius 2 is 1.73 bits per heavy atom. The first-order valence-corrected chi connectivity index (χ1v) is 13.2. The predicted molar refractivity (Wildman–Crippen MR) is 149 cm³/mol. The van der Waals surface area contributed by atoms with Crippen LogP contribution in [0.15, 0.2) is 12.1 Å². The number of primary amides is 1. The number of carbonyl (C=O) groups excluding carboxylic acids is 4. The molecule has 1 amide bonds. The fourth-order valence-corrected chi connectivity index (χ4v) is 6.11. The van der Waals surface area contributed by atoms with Crippen LogP contribution in [-0.4, -0.2) is 89.9 Å². The highest BCUT2D eigenvalue weighted by Gasteiger charge is 2.66. The first-order chi connectivity index (χ1) is 18.4. The number of nitrogens with two attached hydrogens (primary N) is 1. The van der Waals surface area contributed by atoms with E-state index >= 15 is 0 Å². The number of carbonyl (C=O) groups is 4. The number of hydrogen-bond acceptors (Lipinski definition) is 10. The maximum atomic E-state index is 14.0. The van der Waals surface area contributed by atoms with Crippen molar-refractivity contribution in [3.8, 4) is 11.5 Å². The second-order valence-corrected chi connectivity index (χ2v) is 12.6. The minimum Gasteiger partial charge on any atom is -0.507 e. The third-order valence-corrected chi connectivity index (χ3v) is 7.95. The van der Waals surface area contributed by atoms with Gasteiger partial charge in [0, 0.05) is 49.7 Å². The zero-order chi connectivity index (χ0) is 30.1. The molecule has 216 valence electrons. The van der Waals surface area contributed by atoms with E-state index in [0.717, 1.165) is 0 Å². The van der Waals surface area contributed by atoms with Gasteiger partial charge in [0.15, 0.2) is 23.1 Å². The molecule has 0 aliphatic heterocycles. The molecule has 40 heavy (non-hydrogen) atoms. The lowest BCUT2D eigenvalue weighted by atomic mass is 9.58. The molecule has 2 aliphatic rings. The normalized spacial score (nSPS) is 24.8. The Balaban J connectivity index is 1.96. The molecule has 2 aromatic rings. The van der Waals surface area contributed by atoms with E-state index in [1.54, 1.807) is 26.2 Å². The molecule has 0 aromatic heterocycles. The van der Waals surface area contributed by atoms with Crippen molar-refractivity contribution in [1.29, 1.82) is 0 Å². The lowest BCUT2D eigenvalue weighted by molar-refractivity contribution is -0.162. The SMILES string of the molecule is CN(C)c1cc(CNCC(C)(C)C)c(O)c2c(O)c3c(cc12)CC1[C@H](N(C)C)C(=O)C(C(N)=O)C(=O)[C@@]1(O)C3=O. The first-order valence-electron chi connectivity index (χ1n) is 13.2. The largest absolute Gasteiger partial charge is 0.507 e. The molecule has 0 radical (unpaired) electrons. The average molecular weight is 555 g/mol. The number of benzene rings is 2. The van der Waals surface area contributed by atoms with Crippen LogP contribution >= 0.6 is 0 Å². The van der Waals surface area contributed by atoms with Gasteiger partial charge in [0.05, 0.1) is 17.0 Å². The summed E-state index contributed by atoms with van der Waals surface area (Å²) < 4.78 is 0. The number of nitrogens with zero attached hydrogens (tertiary/aromatic N) is 2. The van der Waals surface area contributed by atoms with E-state index in [9.17, 15) is 34.5 Å². The molecular formula is C29H38N4O7. The molecule has 2 aliphatic carbocycles. The fraction of sp³-hybridized carbons (Fsp3) is 0.517. The minimum absolute atomic E-state index is 0.00264. The van der Waals surface area contributed by atoms with Crippen molar-refractivity contribution in [2.75, 3.05) is 39.6 Å². The quantitative estimate of drug-likeness (QED) is 0.320. The van der Waals surface area contributed by atoms with Crippen molar-refractivity contribution in [3.63, 3.8) is 0 Å². The number of fused-ring (bicyclic) bond motifs is 3. The zero-order valence-corrected chi connectivity index (χ0v) is 24.0. The summed E-state index contributed by atoms with van der Waals surface area (Å²) in [4.78, 5) is 56.0. The van der Waals surface area contributed by atoms with Crippen LogP contribution in [0.4, 0.5) is 5.69 Å². The fourth-order valence-electron chi connectivity index (χ4n) is 6.11. The number of phenolic OH excluding ortho intramolecular Hbond substituents is 2. The number of hydrogen-bond donors (Lipinski definition) is 5. The van der Waals surface area contributed by atoms with E-state index in [1.807, 2.05) is 19.0 Å². The molecule has 4 rings (SSSR count). The van der Waals surface area contributed by atoms with Crippen LogP contribution in [0.1, 0.15) is 42.3 Å². The molecule has 2 aromatic carbocycles. The monoisotopic (exact) mass is 554 g/mol. The van der Waals surface area contributed by atoms with Crippen molar-refractivity contribution in [1.82, 2.24) is 10.2 Å². The molecule has 0 heterocycles. The Labute approximate surface area is 232 Å². The van der Waals surface area contributed by atoms with Gasteiger partial charge in [-0.2, -0.15) is 0 Å². The predicted octanol–water partition coefficient (Wildman–Crippen LogP) is 0.722. The highest BCUT2D eigenvalue weighted by atomic mass is 16.3. The summed E-state index contributed by atoms with van der Waals surface area (Å²) in [7, 11) is 6.71. The molecule has 2 unspecified atom stereocenters. The standard InChI is InChI=1S/C29H38N4O7/c1-28(2,3)12-31-11-14-10-17(32(4)5)15-8-13-9-16-21(33(6)7)24(36)20(27(30)39)26(38)29(16,40)25(37)18(13)23(35)19(15)22(14)34/h8,10,16,20-21,31,34-35,40H,9,11-12H2,1-7H3,(H2,30,39)/t16?,20?,21-,29-/m0/s1. The highest BCUT2D eigenvalue weighted by Crippen LogP contribution is 2.50. The van der Waals surface area contributed by atoms with Gasteiger partial charge < -0.3 is 31.3 Å². The Kier molecular flexibility index (Phi) is 7.23. The average Bonchev–Trinajstić information content (AvgIpc) is 2.81. The van der Waals surface area contributed by atoms with Crippen LogP contribution in [0, 0.1) is 17.3 Å². The van der Waals surface area contributed by atoms with Gasteiger partial charge in [0.1, 0.15) is 11.5 Å². The molecule has 0 spiro atoms. The Hall–Kier alpha value is -3.54. The molecule has 6 N–H and O–H groups in total. The maximum absolute atomic E-state index is 14.0. The van der Waals surface area contributed by atoms with Crippen molar-refractivity contribution in [3.05, 3.63) is 28.8 Å². The summed E-state index contributed by atoms with van der Waals surface area (Å²) in [5.41, 5.74) is 3.72. The summed E-state index contributed by atoms with van der Waals surface area (Å²) in [5, 5.41) is 38.3. The number of nitrogens with one attached hydrogen (secondary N) is 1. The van der Waals surface area contributed by atoms with Gasteiger partial charge in [0.25, 0.3) is 0 Å². The number of rotatable bonds is 6. The van der Waals surface area contributed by atoms with Gasteiger partial charge in [-0.25, -0.2) is 0 Å². The molecule has 4 atom stereocenters. The number of phenols is 2. The molecule has 0 saturated heterocycles. The van der Waals surface area contributed by atoms with E-state index in [-0.39, 0.29) is 35.1 Å². The third kappa shape index (κ3) is 4.42. The number of Topliss-reactive ketones (excluding diaryl/α,β-unsaturated/α-hetero) is 3. The Bertz CT molecular complexity index is 1440. The Morgan fingerprint density at radius 3 is 2.25 bits per heavy atom. The lowest BCUT2D eigenvalue weighted by Gasteiger charge is -2.48. The van der Waals surface area contributed by atoms with E-state index in [4.69, 9.17) is 5.73 Å².